The SMILES string of the molecule is CC(C)(C)OC(=O)N1CCC[C@H]1Cn1cc(-c2ccc(Cl)cc2)cn1. The number of likely N-dealkylation sites (tertiary alicyclic amines) is 1. The van der Waals surface area contributed by atoms with E-state index in [-0.39, 0.29) is 12.1 Å². The van der Waals surface area contributed by atoms with Crippen molar-refractivity contribution in [3.63, 3.8) is 0 Å². The molecule has 0 N–H and O–H groups in total. The summed E-state index contributed by atoms with van der Waals surface area (Å²) >= 11 is 5.94. The lowest BCUT2D eigenvalue weighted by Crippen LogP contribution is -2.41. The molecule has 0 saturated carbocycles. The number of rotatable bonds is 3. The van der Waals surface area contributed by atoms with E-state index in [1.165, 1.54) is 0 Å². The molecule has 3 rings (SSSR count). The van der Waals surface area contributed by atoms with Crippen LogP contribution in [0.5, 0.6) is 0 Å². The molecule has 6 heteroatoms. The second-order valence-electron chi connectivity index (χ2n) is 7.43. The highest BCUT2D eigenvalue weighted by Gasteiger charge is 2.32. The average molecular weight is 362 g/mol. The first-order valence-corrected chi connectivity index (χ1v) is 8.98. The third-order valence-electron chi connectivity index (χ3n) is 4.21. The van der Waals surface area contributed by atoms with Gasteiger partial charge < -0.3 is 9.64 Å². The summed E-state index contributed by atoms with van der Waals surface area (Å²) in [6.45, 7) is 7.09. The summed E-state index contributed by atoms with van der Waals surface area (Å²) < 4.78 is 7.42. The Morgan fingerprint density at radius 2 is 2.00 bits per heavy atom. The molecule has 1 fully saturated rings. The molecule has 1 aliphatic rings. The van der Waals surface area contributed by atoms with Crippen LogP contribution in [0.1, 0.15) is 33.6 Å². The number of carbonyl (C=O) groups excluding carboxylic acids is 1. The predicted octanol–water partition coefficient (Wildman–Crippen LogP) is 4.60. The highest BCUT2D eigenvalue weighted by atomic mass is 35.5. The van der Waals surface area contributed by atoms with Crippen LogP contribution < -0.4 is 0 Å². The number of halogens is 1. The molecule has 0 bridgehead atoms. The zero-order chi connectivity index (χ0) is 18.0. The summed E-state index contributed by atoms with van der Waals surface area (Å²) in [5.74, 6) is 0. The number of ether oxygens (including phenoxy) is 1. The molecule has 0 spiro atoms. The molecule has 1 aromatic heterocycles. The minimum atomic E-state index is -0.475. The lowest BCUT2D eigenvalue weighted by molar-refractivity contribution is 0.0211. The maximum Gasteiger partial charge on any atom is 0.410 e. The van der Waals surface area contributed by atoms with Gasteiger partial charge in [-0.2, -0.15) is 5.10 Å². The first-order valence-electron chi connectivity index (χ1n) is 8.60. The zero-order valence-corrected chi connectivity index (χ0v) is 15.7. The minimum absolute atomic E-state index is 0.118. The van der Waals surface area contributed by atoms with Crippen molar-refractivity contribution >= 4 is 17.7 Å². The molecule has 1 aliphatic heterocycles. The Kier molecular flexibility index (Phi) is 5.04. The smallest absolute Gasteiger partial charge is 0.410 e. The van der Waals surface area contributed by atoms with Crippen LogP contribution in [0.25, 0.3) is 11.1 Å². The molecule has 1 atom stereocenters. The Morgan fingerprint density at radius 3 is 2.68 bits per heavy atom. The van der Waals surface area contributed by atoms with Crippen molar-refractivity contribution in [2.24, 2.45) is 0 Å². The quantitative estimate of drug-likeness (QED) is 0.802. The van der Waals surface area contributed by atoms with Gasteiger partial charge in [0.2, 0.25) is 0 Å². The Morgan fingerprint density at radius 1 is 1.28 bits per heavy atom. The van der Waals surface area contributed by atoms with Crippen LogP contribution in [0.2, 0.25) is 5.02 Å². The molecule has 2 heterocycles. The van der Waals surface area contributed by atoms with Crippen LogP contribution in [-0.4, -0.2) is 39.0 Å². The van der Waals surface area contributed by atoms with Crippen LogP contribution in [0.3, 0.4) is 0 Å². The van der Waals surface area contributed by atoms with E-state index in [0.29, 0.717) is 6.54 Å². The monoisotopic (exact) mass is 361 g/mol. The summed E-state index contributed by atoms with van der Waals surface area (Å²) in [5.41, 5.74) is 1.64. The summed E-state index contributed by atoms with van der Waals surface area (Å²) in [6.07, 6.45) is 5.58. The summed E-state index contributed by atoms with van der Waals surface area (Å²) in [4.78, 5) is 14.2. The van der Waals surface area contributed by atoms with Gasteiger partial charge in [0, 0.05) is 23.3 Å². The molecule has 1 saturated heterocycles. The van der Waals surface area contributed by atoms with E-state index in [1.807, 2.05) is 67.0 Å². The fourth-order valence-corrected chi connectivity index (χ4v) is 3.18. The van der Waals surface area contributed by atoms with E-state index in [2.05, 4.69) is 5.10 Å². The van der Waals surface area contributed by atoms with Crippen LogP contribution >= 0.6 is 11.6 Å². The fourth-order valence-electron chi connectivity index (χ4n) is 3.06. The van der Waals surface area contributed by atoms with Crippen molar-refractivity contribution in [2.45, 2.75) is 51.8 Å². The van der Waals surface area contributed by atoms with Crippen molar-refractivity contribution in [2.75, 3.05) is 6.54 Å². The van der Waals surface area contributed by atoms with E-state index in [1.54, 1.807) is 0 Å². The van der Waals surface area contributed by atoms with Crippen molar-refractivity contribution in [1.82, 2.24) is 14.7 Å². The van der Waals surface area contributed by atoms with Gasteiger partial charge in [-0.25, -0.2) is 4.79 Å². The van der Waals surface area contributed by atoms with Crippen molar-refractivity contribution in [3.8, 4) is 11.1 Å². The molecule has 0 radical (unpaired) electrons. The molecule has 2 aromatic rings. The predicted molar refractivity (Wildman–Crippen MR) is 98.6 cm³/mol. The topological polar surface area (TPSA) is 47.4 Å². The van der Waals surface area contributed by atoms with Crippen molar-refractivity contribution in [3.05, 3.63) is 41.7 Å². The normalized spacial score (nSPS) is 17.8. The Bertz CT molecular complexity index is 734. The number of hydrogen-bond donors (Lipinski definition) is 0. The van der Waals surface area contributed by atoms with Gasteiger partial charge in [0.1, 0.15) is 5.60 Å². The van der Waals surface area contributed by atoms with Crippen LogP contribution in [0, 0.1) is 0 Å². The van der Waals surface area contributed by atoms with Crippen LogP contribution in [0.15, 0.2) is 36.7 Å². The van der Waals surface area contributed by atoms with Crippen molar-refractivity contribution < 1.29 is 9.53 Å². The number of amides is 1. The Hall–Kier alpha value is -2.01. The van der Waals surface area contributed by atoms with E-state index in [4.69, 9.17) is 16.3 Å². The highest BCUT2D eigenvalue weighted by molar-refractivity contribution is 6.30. The van der Waals surface area contributed by atoms with Crippen LogP contribution in [-0.2, 0) is 11.3 Å². The number of hydrogen-bond acceptors (Lipinski definition) is 3. The molecular weight excluding hydrogens is 338 g/mol. The molecule has 134 valence electrons. The molecular formula is C19H24ClN3O2. The summed E-state index contributed by atoms with van der Waals surface area (Å²) in [7, 11) is 0. The molecule has 1 amide bonds. The van der Waals surface area contributed by atoms with Gasteiger partial charge in [-0.3, -0.25) is 4.68 Å². The number of aromatic nitrogens is 2. The van der Waals surface area contributed by atoms with Gasteiger partial charge in [-0.1, -0.05) is 23.7 Å². The van der Waals surface area contributed by atoms with Gasteiger partial charge in [0.15, 0.2) is 0 Å². The van der Waals surface area contributed by atoms with Gasteiger partial charge >= 0.3 is 6.09 Å². The molecule has 0 unspecified atom stereocenters. The lowest BCUT2D eigenvalue weighted by Gasteiger charge is -2.28. The van der Waals surface area contributed by atoms with E-state index in [9.17, 15) is 4.79 Å². The average Bonchev–Trinajstić information content (AvgIpc) is 3.16. The van der Waals surface area contributed by atoms with E-state index >= 15 is 0 Å². The Balaban J connectivity index is 1.67. The van der Waals surface area contributed by atoms with Gasteiger partial charge in [-0.05, 0) is 51.3 Å². The van der Waals surface area contributed by atoms with Gasteiger partial charge in [0.05, 0.1) is 18.8 Å². The zero-order valence-electron chi connectivity index (χ0n) is 14.9. The Labute approximate surface area is 153 Å². The number of nitrogens with zero attached hydrogens (tertiary/aromatic N) is 3. The molecule has 1 aromatic carbocycles. The largest absolute Gasteiger partial charge is 0.444 e. The highest BCUT2D eigenvalue weighted by Crippen LogP contribution is 2.24. The van der Waals surface area contributed by atoms with E-state index < -0.39 is 5.60 Å². The molecule has 5 nitrogen and oxygen atoms in total. The first-order chi connectivity index (χ1) is 11.8. The van der Waals surface area contributed by atoms with Crippen LogP contribution in [0.4, 0.5) is 4.79 Å². The second kappa shape index (κ2) is 7.08. The first kappa shape index (κ1) is 17.8. The second-order valence-corrected chi connectivity index (χ2v) is 7.86. The van der Waals surface area contributed by atoms with Gasteiger partial charge in [0.25, 0.3) is 0 Å². The summed E-state index contributed by atoms with van der Waals surface area (Å²) in [6, 6.07) is 7.82. The fraction of sp³-hybridized carbons (Fsp3) is 0.474. The number of carbonyl (C=O) groups is 1. The third kappa shape index (κ3) is 4.54. The summed E-state index contributed by atoms with van der Waals surface area (Å²) in [5, 5.41) is 5.17. The molecule has 25 heavy (non-hydrogen) atoms. The lowest BCUT2D eigenvalue weighted by atomic mass is 10.1. The maximum absolute atomic E-state index is 12.4. The molecule has 0 aliphatic carbocycles. The van der Waals surface area contributed by atoms with Crippen molar-refractivity contribution in [1.29, 1.82) is 0 Å². The van der Waals surface area contributed by atoms with E-state index in [0.717, 1.165) is 35.5 Å². The maximum atomic E-state index is 12.4. The minimum Gasteiger partial charge on any atom is -0.444 e. The van der Waals surface area contributed by atoms with Gasteiger partial charge in [-0.15, -0.1) is 0 Å². The standard InChI is InChI=1S/C19H24ClN3O2/c1-19(2,3)25-18(24)23-10-4-5-17(23)13-22-12-15(11-21-22)14-6-8-16(20)9-7-14/h6-9,11-12,17H,4-5,10,13H2,1-3H3/t17-/m0/s1. The number of benzene rings is 1. The third-order valence-corrected chi connectivity index (χ3v) is 4.47.